The van der Waals surface area contributed by atoms with Gasteiger partial charge in [0, 0.05) is 19.6 Å². The number of benzene rings is 2. The lowest BCUT2D eigenvalue weighted by Crippen LogP contribution is -2.46. The quantitative estimate of drug-likeness (QED) is 0.758. The summed E-state index contributed by atoms with van der Waals surface area (Å²) >= 11 is 0. The smallest absolute Gasteiger partial charge is 0.237 e. The van der Waals surface area contributed by atoms with Crippen molar-refractivity contribution in [3.63, 3.8) is 0 Å². The van der Waals surface area contributed by atoms with Gasteiger partial charge < -0.3 is 5.32 Å². The molecule has 2 heterocycles. The van der Waals surface area contributed by atoms with Crippen molar-refractivity contribution < 1.29 is 4.79 Å². The first-order valence-electron chi connectivity index (χ1n) is 9.24. The molecule has 1 aliphatic heterocycles. The Kier molecular flexibility index (Phi) is 4.98. The summed E-state index contributed by atoms with van der Waals surface area (Å²) in [6.45, 7) is 4.16. The summed E-state index contributed by atoms with van der Waals surface area (Å²) in [6.07, 6.45) is 4.16. The van der Waals surface area contributed by atoms with Crippen LogP contribution in [-0.4, -0.2) is 38.2 Å². The topological polar surface area (TPSA) is 63.1 Å². The molecule has 1 amide bonds. The first kappa shape index (κ1) is 17.4. The van der Waals surface area contributed by atoms with Crippen LogP contribution >= 0.6 is 0 Å². The lowest BCUT2D eigenvalue weighted by atomic mass is 9.99. The molecule has 1 aliphatic rings. The molecule has 1 N–H and O–H groups in total. The predicted octanol–water partition coefficient (Wildman–Crippen LogP) is 2.33. The summed E-state index contributed by atoms with van der Waals surface area (Å²) in [7, 11) is 0. The van der Waals surface area contributed by atoms with Crippen molar-refractivity contribution in [2.24, 2.45) is 0 Å². The maximum Gasteiger partial charge on any atom is 0.237 e. The number of hydrogen-bond acceptors (Lipinski definition) is 4. The molecule has 6 nitrogen and oxygen atoms in total. The van der Waals surface area contributed by atoms with Crippen molar-refractivity contribution in [3.8, 4) is 5.69 Å². The van der Waals surface area contributed by atoms with Gasteiger partial charge in [-0.25, -0.2) is 9.67 Å². The van der Waals surface area contributed by atoms with E-state index in [4.69, 9.17) is 0 Å². The molecule has 1 atom stereocenters. The summed E-state index contributed by atoms with van der Waals surface area (Å²) in [5.41, 5.74) is 4.64. The molecule has 2 aromatic carbocycles. The average molecular weight is 361 g/mol. The van der Waals surface area contributed by atoms with Crippen LogP contribution in [0.5, 0.6) is 0 Å². The first-order chi connectivity index (χ1) is 13.2. The number of aromatic nitrogens is 3. The minimum absolute atomic E-state index is 0.0442. The van der Waals surface area contributed by atoms with Crippen molar-refractivity contribution in [2.75, 3.05) is 6.54 Å². The Labute approximate surface area is 158 Å². The second kappa shape index (κ2) is 7.72. The van der Waals surface area contributed by atoms with E-state index in [0.717, 1.165) is 30.8 Å². The molecule has 0 spiro atoms. The lowest BCUT2D eigenvalue weighted by molar-refractivity contribution is -0.126. The van der Waals surface area contributed by atoms with Crippen LogP contribution in [0, 0.1) is 0 Å². The molecule has 0 bridgehead atoms. The van der Waals surface area contributed by atoms with Crippen LogP contribution in [0.25, 0.3) is 5.69 Å². The van der Waals surface area contributed by atoms with Gasteiger partial charge in [-0.05, 0) is 36.1 Å². The average Bonchev–Trinajstić information content (AvgIpc) is 3.26. The lowest BCUT2D eigenvalue weighted by Gasteiger charge is -2.32. The molecule has 3 aromatic rings. The Bertz CT molecular complexity index is 922. The van der Waals surface area contributed by atoms with Gasteiger partial charge in [0.1, 0.15) is 12.7 Å². The molecule has 0 saturated heterocycles. The van der Waals surface area contributed by atoms with Crippen molar-refractivity contribution >= 4 is 5.91 Å². The standard InChI is InChI=1S/C21H23N5O/c1-16(25-11-10-17-6-2-3-8-19(17)13-25)21(27)23-12-18-7-4-5-9-20(18)26-15-22-14-24-26/h2-9,14-16H,10-13H2,1H3,(H,23,27)/t16-/m0/s1. The minimum atomic E-state index is -0.170. The molecule has 0 radical (unpaired) electrons. The van der Waals surface area contributed by atoms with Crippen LogP contribution in [0.15, 0.2) is 61.2 Å². The number of amides is 1. The van der Waals surface area contributed by atoms with Gasteiger partial charge in [0.2, 0.25) is 5.91 Å². The molecular weight excluding hydrogens is 338 g/mol. The molecule has 0 unspecified atom stereocenters. The highest BCUT2D eigenvalue weighted by Gasteiger charge is 2.25. The molecule has 0 aliphatic carbocycles. The monoisotopic (exact) mass is 361 g/mol. The second-order valence-corrected chi connectivity index (χ2v) is 6.85. The highest BCUT2D eigenvalue weighted by atomic mass is 16.2. The van der Waals surface area contributed by atoms with Crippen molar-refractivity contribution in [1.82, 2.24) is 25.0 Å². The van der Waals surface area contributed by atoms with Crippen molar-refractivity contribution in [3.05, 3.63) is 77.9 Å². The van der Waals surface area contributed by atoms with Gasteiger partial charge in [0.25, 0.3) is 0 Å². The Balaban J connectivity index is 1.40. The van der Waals surface area contributed by atoms with E-state index in [0.29, 0.717) is 6.54 Å². The fourth-order valence-electron chi connectivity index (χ4n) is 3.56. The van der Waals surface area contributed by atoms with Gasteiger partial charge in [-0.3, -0.25) is 9.69 Å². The largest absolute Gasteiger partial charge is 0.351 e. The van der Waals surface area contributed by atoms with Gasteiger partial charge in [0.05, 0.1) is 11.7 Å². The molecule has 27 heavy (non-hydrogen) atoms. The third-order valence-electron chi connectivity index (χ3n) is 5.20. The molecule has 0 saturated carbocycles. The molecule has 4 rings (SSSR count). The van der Waals surface area contributed by atoms with Crippen LogP contribution in [0.1, 0.15) is 23.6 Å². The SMILES string of the molecule is C[C@@H](C(=O)NCc1ccccc1-n1cncn1)N1CCc2ccccc2C1. The second-order valence-electron chi connectivity index (χ2n) is 6.85. The summed E-state index contributed by atoms with van der Waals surface area (Å²) in [6, 6.07) is 16.2. The normalized spacial score (nSPS) is 15.1. The Morgan fingerprint density at radius 2 is 1.93 bits per heavy atom. The summed E-state index contributed by atoms with van der Waals surface area (Å²) in [5, 5.41) is 7.27. The Morgan fingerprint density at radius 1 is 1.15 bits per heavy atom. The molecule has 1 aromatic heterocycles. The van der Waals surface area contributed by atoms with Gasteiger partial charge in [0.15, 0.2) is 0 Å². The molecule has 0 fully saturated rings. The zero-order chi connectivity index (χ0) is 18.6. The maximum absolute atomic E-state index is 12.7. The summed E-state index contributed by atoms with van der Waals surface area (Å²) in [4.78, 5) is 19.0. The van der Waals surface area contributed by atoms with Crippen molar-refractivity contribution in [2.45, 2.75) is 32.5 Å². The number of nitrogens with one attached hydrogen (secondary N) is 1. The van der Waals surface area contributed by atoms with Gasteiger partial charge in [-0.1, -0.05) is 42.5 Å². The first-order valence-corrected chi connectivity index (χ1v) is 9.24. The van der Waals surface area contributed by atoms with E-state index in [1.165, 1.54) is 17.5 Å². The summed E-state index contributed by atoms with van der Waals surface area (Å²) < 4.78 is 1.71. The Morgan fingerprint density at radius 3 is 2.74 bits per heavy atom. The van der Waals surface area contributed by atoms with E-state index in [1.54, 1.807) is 11.0 Å². The third-order valence-corrected chi connectivity index (χ3v) is 5.20. The number of nitrogens with zero attached hydrogens (tertiary/aromatic N) is 4. The number of carbonyl (C=O) groups is 1. The number of fused-ring (bicyclic) bond motifs is 1. The summed E-state index contributed by atoms with van der Waals surface area (Å²) in [5.74, 6) is 0.0442. The van der Waals surface area contributed by atoms with E-state index in [2.05, 4.69) is 44.6 Å². The highest BCUT2D eigenvalue weighted by Crippen LogP contribution is 2.20. The van der Waals surface area contributed by atoms with Gasteiger partial charge >= 0.3 is 0 Å². The van der Waals surface area contributed by atoms with E-state index in [9.17, 15) is 4.79 Å². The van der Waals surface area contributed by atoms with Gasteiger partial charge in [-0.2, -0.15) is 5.10 Å². The number of hydrogen-bond donors (Lipinski definition) is 1. The fraction of sp³-hybridized carbons (Fsp3) is 0.286. The van der Waals surface area contributed by atoms with Crippen LogP contribution in [-0.2, 0) is 24.3 Å². The number of para-hydroxylation sites is 1. The van der Waals surface area contributed by atoms with E-state index >= 15 is 0 Å². The predicted molar refractivity (Wildman–Crippen MR) is 103 cm³/mol. The third kappa shape index (κ3) is 3.75. The Hall–Kier alpha value is -2.99. The maximum atomic E-state index is 12.7. The van der Waals surface area contributed by atoms with Crippen molar-refractivity contribution in [1.29, 1.82) is 0 Å². The highest BCUT2D eigenvalue weighted by molar-refractivity contribution is 5.81. The van der Waals surface area contributed by atoms with E-state index < -0.39 is 0 Å². The van der Waals surface area contributed by atoms with Crippen LogP contribution in [0.3, 0.4) is 0 Å². The van der Waals surface area contributed by atoms with Crippen LogP contribution < -0.4 is 5.32 Å². The minimum Gasteiger partial charge on any atom is -0.351 e. The fourth-order valence-corrected chi connectivity index (χ4v) is 3.56. The molecular formula is C21H23N5O. The number of carbonyl (C=O) groups excluding carboxylic acids is 1. The van der Waals surface area contributed by atoms with E-state index in [-0.39, 0.29) is 11.9 Å². The van der Waals surface area contributed by atoms with Gasteiger partial charge in [-0.15, -0.1) is 0 Å². The van der Waals surface area contributed by atoms with Crippen LogP contribution in [0.2, 0.25) is 0 Å². The zero-order valence-electron chi connectivity index (χ0n) is 15.4. The molecule has 6 heteroatoms. The zero-order valence-corrected chi connectivity index (χ0v) is 15.4. The van der Waals surface area contributed by atoms with E-state index in [1.807, 2.05) is 31.2 Å². The van der Waals surface area contributed by atoms with Crippen LogP contribution in [0.4, 0.5) is 0 Å². The molecule has 138 valence electrons. The number of rotatable bonds is 5.